The first-order valence-corrected chi connectivity index (χ1v) is 6.39. The van der Waals surface area contributed by atoms with E-state index in [1.54, 1.807) is 4.90 Å². The second-order valence-corrected chi connectivity index (χ2v) is 5.03. The van der Waals surface area contributed by atoms with Gasteiger partial charge in [0.05, 0.1) is 0 Å². The predicted molar refractivity (Wildman–Crippen MR) is 72.2 cm³/mol. The number of benzene rings is 1. The van der Waals surface area contributed by atoms with Gasteiger partial charge in [-0.2, -0.15) is 0 Å². The van der Waals surface area contributed by atoms with Gasteiger partial charge in [0.25, 0.3) is 5.91 Å². The van der Waals surface area contributed by atoms with E-state index in [4.69, 9.17) is 0 Å². The molecule has 0 saturated heterocycles. The van der Waals surface area contributed by atoms with Crippen molar-refractivity contribution in [3.63, 3.8) is 0 Å². The van der Waals surface area contributed by atoms with Gasteiger partial charge in [-0.05, 0) is 30.0 Å². The molecule has 0 aliphatic rings. The number of amides is 1. The number of carbonyl (C=O) groups excluding carboxylic acids is 1. The van der Waals surface area contributed by atoms with Gasteiger partial charge in [0.1, 0.15) is 0 Å². The maximum atomic E-state index is 12.2. The zero-order valence-electron chi connectivity index (χ0n) is 11.4. The Balaban J connectivity index is 2.77. The van der Waals surface area contributed by atoms with E-state index in [2.05, 4.69) is 26.8 Å². The first-order valence-electron chi connectivity index (χ1n) is 6.39. The van der Waals surface area contributed by atoms with Crippen molar-refractivity contribution in [3.05, 3.63) is 35.4 Å². The van der Waals surface area contributed by atoms with Gasteiger partial charge in [-0.15, -0.1) is 0 Å². The molecule has 0 bridgehead atoms. The quantitative estimate of drug-likeness (QED) is 0.763. The average Bonchev–Trinajstić information content (AvgIpc) is 2.28. The van der Waals surface area contributed by atoms with Crippen LogP contribution in [0.2, 0.25) is 0 Å². The van der Waals surface area contributed by atoms with Gasteiger partial charge >= 0.3 is 0 Å². The van der Waals surface area contributed by atoms with Crippen LogP contribution in [-0.4, -0.2) is 24.4 Å². The minimum atomic E-state index is 0.122. The van der Waals surface area contributed by atoms with Crippen molar-refractivity contribution < 1.29 is 4.79 Å². The van der Waals surface area contributed by atoms with Crippen LogP contribution in [0, 0.1) is 5.92 Å². The minimum absolute atomic E-state index is 0.122. The molecule has 0 atom stereocenters. The van der Waals surface area contributed by atoms with Gasteiger partial charge in [0.2, 0.25) is 0 Å². The van der Waals surface area contributed by atoms with E-state index in [1.807, 2.05) is 25.2 Å². The second kappa shape index (κ2) is 6.43. The Morgan fingerprint density at radius 3 is 2.65 bits per heavy atom. The van der Waals surface area contributed by atoms with Crippen LogP contribution in [-0.2, 0) is 6.42 Å². The van der Waals surface area contributed by atoms with Gasteiger partial charge < -0.3 is 4.90 Å². The molecular weight excluding hydrogens is 210 g/mol. The molecule has 0 heterocycles. The Bertz CT molecular complexity index is 371. The molecule has 17 heavy (non-hydrogen) atoms. The van der Waals surface area contributed by atoms with Crippen LogP contribution < -0.4 is 0 Å². The summed E-state index contributed by atoms with van der Waals surface area (Å²) in [4.78, 5) is 14.0. The van der Waals surface area contributed by atoms with Gasteiger partial charge in [-0.1, -0.05) is 39.3 Å². The Morgan fingerprint density at radius 1 is 1.35 bits per heavy atom. The van der Waals surface area contributed by atoms with Crippen molar-refractivity contribution >= 4 is 5.91 Å². The molecule has 0 aliphatic heterocycles. The lowest BCUT2D eigenvalue weighted by Gasteiger charge is -2.19. The van der Waals surface area contributed by atoms with Crippen LogP contribution in [0.25, 0.3) is 0 Å². The first kappa shape index (κ1) is 13.8. The van der Waals surface area contributed by atoms with Crippen molar-refractivity contribution in [1.29, 1.82) is 0 Å². The SMILES string of the molecule is CCCc1cccc(C(=O)N(C)CC(C)C)c1. The molecular formula is C15H23NO. The Hall–Kier alpha value is -1.31. The topological polar surface area (TPSA) is 20.3 Å². The summed E-state index contributed by atoms with van der Waals surface area (Å²) in [6.07, 6.45) is 2.15. The second-order valence-electron chi connectivity index (χ2n) is 5.03. The summed E-state index contributed by atoms with van der Waals surface area (Å²) < 4.78 is 0. The van der Waals surface area contributed by atoms with Crippen LogP contribution in [0.5, 0.6) is 0 Å². The van der Waals surface area contributed by atoms with Gasteiger partial charge in [-0.25, -0.2) is 0 Å². The fourth-order valence-corrected chi connectivity index (χ4v) is 2.00. The molecule has 1 aromatic rings. The molecule has 1 rings (SSSR count). The van der Waals surface area contributed by atoms with Crippen molar-refractivity contribution in [1.82, 2.24) is 4.90 Å². The zero-order chi connectivity index (χ0) is 12.8. The molecule has 0 unspecified atom stereocenters. The molecule has 0 N–H and O–H groups in total. The van der Waals surface area contributed by atoms with Gasteiger partial charge in [-0.3, -0.25) is 4.79 Å². The minimum Gasteiger partial charge on any atom is -0.341 e. The fourth-order valence-electron chi connectivity index (χ4n) is 2.00. The summed E-state index contributed by atoms with van der Waals surface area (Å²) in [5.74, 6) is 0.624. The van der Waals surface area contributed by atoms with Crippen LogP contribution in [0.3, 0.4) is 0 Å². The Labute approximate surface area is 105 Å². The summed E-state index contributed by atoms with van der Waals surface area (Å²) >= 11 is 0. The predicted octanol–water partition coefficient (Wildman–Crippen LogP) is 3.37. The molecule has 0 aromatic heterocycles. The third kappa shape index (κ3) is 4.22. The maximum absolute atomic E-state index is 12.2. The highest BCUT2D eigenvalue weighted by Crippen LogP contribution is 2.10. The smallest absolute Gasteiger partial charge is 0.253 e. The maximum Gasteiger partial charge on any atom is 0.253 e. The van der Waals surface area contributed by atoms with Crippen molar-refractivity contribution in [2.24, 2.45) is 5.92 Å². The number of hydrogen-bond acceptors (Lipinski definition) is 1. The highest BCUT2D eigenvalue weighted by Gasteiger charge is 2.12. The summed E-state index contributed by atoms with van der Waals surface area (Å²) in [6.45, 7) is 7.20. The van der Waals surface area contributed by atoms with Crippen molar-refractivity contribution in [2.45, 2.75) is 33.6 Å². The van der Waals surface area contributed by atoms with E-state index in [-0.39, 0.29) is 5.91 Å². The molecule has 94 valence electrons. The summed E-state index contributed by atoms with van der Waals surface area (Å²) in [7, 11) is 1.87. The number of aryl methyl sites for hydroxylation is 1. The van der Waals surface area contributed by atoms with Crippen LogP contribution in [0.1, 0.15) is 43.1 Å². The number of carbonyl (C=O) groups is 1. The van der Waals surface area contributed by atoms with E-state index in [0.29, 0.717) is 5.92 Å². The molecule has 1 aromatic carbocycles. The Kier molecular flexibility index (Phi) is 5.20. The molecule has 0 radical (unpaired) electrons. The molecule has 0 saturated carbocycles. The lowest BCUT2D eigenvalue weighted by Crippen LogP contribution is -2.30. The van der Waals surface area contributed by atoms with Crippen molar-refractivity contribution in [2.75, 3.05) is 13.6 Å². The van der Waals surface area contributed by atoms with Crippen LogP contribution in [0.15, 0.2) is 24.3 Å². The molecule has 0 aliphatic carbocycles. The van der Waals surface area contributed by atoms with E-state index in [9.17, 15) is 4.79 Å². The van der Waals surface area contributed by atoms with Crippen molar-refractivity contribution in [3.8, 4) is 0 Å². The monoisotopic (exact) mass is 233 g/mol. The van der Waals surface area contributed by atoms with E-state index < -0.39 is 0 Å². The Morgan fingerprint density at radius 2 is 2.06 bits per heavy atom. The van der Waals surface area contributed by atoms with E-state index in [1.165, 1.54) is 5.56 Å². The normalized spacial score (nSPS) is 10.6. The summed E-state index contributed by atoms with van der Waals surface area (Å²) in [5, 5.41) is 0. The highest BCUT2D eigenvalue weighted by molar-refractivity contribution is 5.94. The zero-order valence-corrected chi connectivity index (χ0v) is 11.4. The van der Waals surface area contributed by atoms with E-state index in [0.717, 1.165) is 24.9 Å². The lowest BCUT2D eigenvalue weighted by molar-refractivity contribution is 0.0779. The lowest BCUT2D eigenvalue weighted by atomic mass is 10.1. The molecule has 0 fully saturated rings. The third-order valence-electron chi connectivity index (χ3n) is 2.70. The van der Waals surface area contributed by atoms with Gasteiger partial charge in [0.15, 0.2) is 0 Å². The number of hydrogen-bond donors (Lipinski definition) is 0. The molecule has 2 nitrogen and oxygen atoms in total. The van der Waals surface area contributed by atoms with Crippen LogP contribution >= 0.6 is 0 Å². The first-order chi connectivity index (χ1) is 8.04. The fraction of sp³-hybridized carbons (Fsp3) is 0.533. The standard InChI is InChI=1S/C15H23NO/c1-5-7-13-8-6-9-14(10-13)15(17)16(4)11-12(2)3/h6,8-10,12H,5,7,11H2,1-4H3. The molecule has 1 amide bonds. The average molecular weight is 233 g/mol. The van der Waals surface area contributed by atoms with Gasteiger partial charge in [0, 0.05) is 19.2 Å². The molecule has 0 spiro atoms. The van der Waals surface area contributed by atoms with Crippen LogP contribution in [0.4, 0.5) is 0 Å². The van der Waals surface area contributed by atoms with E-state index >= 15 is 0 Å². The summed E-state index contributed by atoms with van der Waals surface area (Å²) in [5.41, 5.74) is 2.05. The number of rotatable bonds is 5. The highest BCUT2D eigenvalue weighted by atomic mass is 16.2. The number of nitrogens with zero attached hydrogens (tertiary/aromatic N) is 1. The third-order valence-corrected chi connectivity index (χ3v) is 2.70. The molecule has 2 heteroatoms. The largest absolute Gasteiger partial charge is 0.341 e. The summed E-state index contributed by atoms with van der Waals surface area (Å²) in [6, 6.07) is 7.98.